The van der Waals surface area contributed by atoms with E-state index in [-0.39, 0.29) is 18.0 Å². The van der Waals surface area contributed by atoms with Crippen LogP contribution >= 0.6 is 0 Å². The van der Waals surface area contributed by atoms with Gasteiger partial charge in [0, 0.05) is 44.0 Å². The van der Waals surface area contributed by atoms with Gasteiger partial charge in [-0.25, -0.2) is 4.98 Å². The van der Waals surface area contributed by atoms with Crippen LogP contribution in [0.15, 0.2) is 36.7 Å². The lowest BCUT2D eigenvalue weighted by Crippen LogP contribution is -2.39. The van der Waals surface area contributed by atoms with Crippen molar-refractivity contribution < 1.29 is 4.79 Å². The van der Waals surface area contributed by atoms with Crippen LogP contribution in [0.3, 0.4) is 0 Å². The molecule has 0 radical (unpaired) electrons. The predicted molar refractivity (Wildman–Crippen MR) is 125 cm³/mol. The second-order valence-electron chi connectivity index (χ2n) is 8.20. The average molecular weight is 431 g/mol. The summed E-state index contributed by atoms with van der Waals surface area (Å²) in [7, 11) is 1.86. The van der Waals surface area contributed by atoms with Crippen LogP contribution < -0.4 is 16.0 Å². The van der Waals surface area contributed by atoms with Crippen molar-refractivity contribution in [3.05, 3.63) is 36.7 Å². The molecule has 1 amide bonds. The van der Waals surface area contributed by atoms with E-state index in [1.807, 2.05) is 37.5 Å². The van der Waals surface area contributed by atoms with Gasteiger partial charge in [0.25, 0.3) is 0 Å². The van der Waals surface area contributed by atoms with Crippen molar-refractivity contribution in [3.63, 3.8) is 0 Å². The van der Waals surface area contributed by atoms with Crippen LogP contribution in [0.1, 0.15) is 32.6 Å². The third-order valence-electron chi connectivity index (χ3n) is 5.97. The van der Waals surface area contributed by atoms with E-state index >= 15 is 0 Å². The van der Waals surface area contributed by atoms with Crippen molar-refractivity contribution >= 4 is 39.7 Å². The number of nitrogens with one attached hydrogen (secondary N) is 4. The Morgan fingerprint density at radius 3 is 2.62 bits per heavy atom. The van der Waals surface area contributed by atoms with Crippen LogP contribution in [-0.2, 0) is 4.79 Å². The highest BCUT2D eigenvalue weighted by Crippen LogP contribution is 2.33. The Morgan fingerprint density at radius 1 is 1.03 bits per heavy atom. The lowest BCUT2D eigenvalue weighted by atomic mass is 9.91. The van der Waals surface area contributed by atoms with Crippen LogP contribution in [-0.4, -0.2) is 50.0 Å². The molecule has 164 valence electrons. The topological polar surface area (TPSA) is 121 Å². The van der Waals surface area contributed by atoms with Gasteiger partial charge in [-0.15, -0.1) is 0 Å². The normalized spacial score (nSPS) is 18.6. The smallest absolute Gasteiger partial charge is 0.226 e. The van der Waals surface area contributed by atoms with Gasteiger partial charge in [0.15, 0.2) is 0 Å². The Hall–Kier alpha value is -3.75. The summed E-state index contributed by atoms with van der Waals surface area (Å²) in [4.78, 5) is 33.2. The van der Waals surface area contributed by atoms with E-state index in [0.29, 0.717) is 5.95 Å². The molecule has 0 saturated heterocycles. The molecule has 1 saturated carbocycles. The van der Waals surface area contributed by atoms with Gasteiger partial charge >= 0.3 is 0 Å². The molecule has 0 aromatic carbocycles. The highest BCUT2D eigenvalue weighted by molar-refractivity contribution is 6.01. The van der Waals surface area contributed by atoms with Crippen molar-refractivity contribution in [2.45, 2.75) is 44.7 Å². The van der Waals surface area contributed by atoms with Crippen LogP contribution in [0.5, 0.6) is 0 Å². The zero-order valence-electron chi connectivity index (χ0n) is 18.1. The molecule has 5 rings (SSSR count). The number of carbonyl (C=O) groups is 1. The second-order valence-corrected chi connectivity index (χ2v) is 8.20. The number of amides is 1. The molecule has 4 heterocycles. The first kappa shape index (κ1) is 20.2. The maximum atomic E-state index is 11.3. The Labute approximate surface area is 185 Å². The number of anilines is 2. The van der Waals surface area contributed by atoms with Crippen molar-refractivity contribution in [3.8, 4) is 11.3 Å². The molecular formula is C23H26N8O. The van der Waals surface area contributed by atoms with E-state index in [2.05, 4.69) is 25.9 Å². The molecule has 4 aromatic rings. The number of rotatable bonds is 5. The van der Waals surface area contributed by atoms with Crippen LogP contribution in [0, 0.1) is 0 Å². The number of carbonyl (C=O) groups excluding carboxylic acids is 1. The maximum absolute atomic E-state index is 11.3. The number of hydrogen-bond acceptors (Lipinski definition) is 7. The zero-order chi connectivity index (χ0) is 22.1. The average Bonchev–Trinajstić information content (AvgIpc) is 3.23. The van der Waals surface area contributed by atoms with E-state index in [0.717, 1.165) is 64.8 Å². The number of H-pyrrole nitrogens is 1. The summed E-state index contributed by atoms with van der Waals surface area (Å²) in [5, 5.41) is 10.6. The summed E-state index contributed by atoms with van der Waals surface area (Å²) >= 11 is 0. The fourth-order valence-electron chi connectivity index (χ4n) is 4.44. The summed E-state index contributed by atoms with van der Waals surface area (Å²) in [6, 6.07) is 8.33. The molecule has 0 atom stereocenters. The monoisotopic (exact) mass is 430 g/mol. The molecule has 32 heavy (non-hydrogen) atoms. The third-order valence-corrected chi connectivity index (χ3v) is 5.97. The summed E-state index contributed by atoms with van der Waals surface area (Å²) in [5.41, 5.74) is 4.24. The molecule has 4 aromatic heterocycles. The van der Waals surface area contributed by atoms with Gasteiger partial charge < -0.3 is 20.9 Å². The lowest BCUT2D eigenvalue weighted by molar-refractivity contribution is -0.119. The largest absolute Gasteiger partial charge is 0.372 e. The first-order valence-electron chi connectivity index (χ1n) is 10.9. The molecule has 0 unspecified atom stereocenters. The first-order chi connectivity index (χ1) is 15.6. The van der Waals surface area contributed by atoms with Gasteiger partial charge in [0.1, 0.15) is 11.5 Å². The van der Waals surface area contributed by atoms with E-state index in [1.54, 1.807) is 13.1 Å². The number of pyridine rings is 2. The minimum absolute atomic E-state index is 0.0357. The standard InChI is InChI=1S/C23H26N8O/c1-13(32)27-14-5-7-15(8-6-14)28-23-30-21(24-2)20-16(12-26-22(20)31-23)17-9-10-18-19(29-17)4-3-11-25-18/h3-4,9-12,14-15H,5-8H2,1-2H3,(H,27,32)(H3,24,26,28,30,31). The van der Waals surface area contributed by atoms with Gasteiger partial charge in [-0.3, -0.25) is 9.78 Å². The minimum Gasteiger partial charge on any atom is -0.372 e. The van der Waals surface area contributed by atoms with E-state index < -0.39 is 0 Å². The Kier molecular flexibility index (Phi) is 5.30. The summed E-state index contributed by atoms with van der Waals surface area (Å²) < 4.78 is 0. The number of fused-ring (bicyclic) bond motifs is 2. The fraction of sp³-hybridized carbons (Fsp3) is 0.348. The number of aromatic nitrogens is 5. The second kappa shape index (κ2) is 8.41. The quantitative estimate of drug-likeness (QED) is 0.383. The highest BCUT2D eigenvalue weighted by Gasteiger charge is 2.23. The fourth-order valence-corrected chi connectivity index (χ4v) is 4.44. The number of nitrogens with zero attached hydrogens (tertiary/aromatic N) is 4. The van der Waals surface area contributed by atoms with Crippen molar-refractivity contribution in [1.82, 2.24) is 30.2 Å². The van der Waals surface area contributed by atoms with Gasteiger partial charge in [-0.05, 0) is 49.9 Å². The highest BCUT2D eigenvalue weighted by atomic mass is 16.1. The number of aromatic amines is 1. The molecule has 1 aliphatic carbocycles. The molecule has 0 aliphatic heterocycles. The van der Waals surface area contributed by atoms with E-state index in [1.165, 1.54) is 0 Å². The summed E-state index contributed by atoms with van der Waals surface area (Å²) in [6.07, 6.45) is 7.52. The Balaban J connectivity index is 1.41. The Morgan fingerprint density at radius 2 is 1.84 bits per heavy atom. The van der Waals surface area contributed by atoms with Crippen molar-refractivity contribution in [2.24, 2.45) is 0 Å². The molecule has 4 N–H and O–H groups in total. The van der Waals surface area contributed by atoms with E-state index in [9.17, 15) is 4.79 Å². The zero-order valence-corrected chi connectivity index (χ0v) is 18.1. The summed E-state index contributed by atoms with van der Waals surface area (Å²) in [6.45, 7) is 1.57. The Bertz CT molecular complexity index is 1280. The van der Waals surface area contributed by atoms with E-state index in [4.69, 9.17) is 15.0 Å². The molecular weight excluding hydrogens is 404 g/mol. The van der Waals surface area contributed by atoms with Crippen LogP contribution in [0.25, 0.3) is 33.3 Å². The number of hydrogen-bond donors (Lipinski definition) is 4. The summed E-state index contributed by atoms with van der Waals surface area (Å²) in [5.74, 6) is 1.37. The van der Waals surface area contributed by atoms with Crippen LogP contribution in [0.2, 0.25) is 0 Å². The molecule has 9 nitrogen and oxygen atoms in total. The van der Waals surface area contributed by atoms with Gasteiger partial charge in [0.2, 0.25) is 11.9 Å². The maximum Gasteiger partial charge on any atom is 0.226 e. The lowest BCUT2D eigenvalue weighted by Gasteiger charge is -2.29. The third kappa shape index (κ3) is 3.93. The molecule has 1 fully saturated rings. The van der Waals surface area contributed by atoms with Crippen molar-refractivity contribution in [1.29, 1.82) is 0 Å². The molecule has 9 heteroatoms. The van der Waals surface area contributed by atoms with Gasteiger partial charge in [-0.2, -0.15) is 9.97 Å². The SMILES string of the molecule is CNc1nc(NC2CCC(NC(C)=O)CC2)nc2[nH]cc(-c3ccc4ncccc4n3)c12. The minimum atomic E-state index is 0.0357. The van der Waals surface area contributed by atoms with Crippen LogP contribution in [0.4, 0.5) is 11.8 Å². The van der Waals surface area contributed by atoms with Gasteiger partial charge in [-0.1, -0.05) is 0 Å². The molecule has 0 bridgehead atoms. The molecule has 1 aliphatic rings. The van der Waals surface area contributed by atoms with Crippen molar-refractivity contribution in [2.75, 3.05) is 17.7 Å². The predicted octanol–water partition coefficient (Wildman–Crippen LogP) is 3.47. The van der Waals surface area contributed by atoms with Gasteiger partial charge in [0.05, 0.1) is 22.1 Å². The first-order valence-corrected chi connectivity index (χ1v) is 10.9. The molecule has 0 spiro atoms.